The van der Waals surface area contributed by atoms with Crippen LogP contribution in [0.4, 0.5) is 5.69 Å². The number of anilines is 1. The lowest BCUT2D eigenvalue weighted by molar-refractivity contribution is 0.0697. The van der Waals surface area contributed by atoms with Crippen molar-refractivity contribution in [2.45, 2.75) is 25.8 Å². The van der Waals surface area contributed by atoms with E-state index in [9.17, 15) is 9.90 Å². The minimum absolute atomic E-state index is 0.302. The molecule has 0 spiro atoms. The van der Waals surface area contributed by atoms with Crippen LogP contribution in [0, 0.1) is 6.92 Å². The van der Waals surface area contributed by atoms with Crippen LogP contribution in [0.15, 0.2) is 12.3 Å². The highest BCUT2D eigenvalue weighted by atomic mass is 16.4. The Kier molecular flexibility index (Phi) is 4.04. The molecule has 1 N–H and O–H groups in total. The zero-order chi connectivity index (χ0) is 14.0. The average molecular weight is 263 g/mol. The summed E-state index contributed by atoms with van der Waals surface area (Å²) < 4.78 is 0. The third kappa shape index (κ3) is 3.04. The quantitative estimate of drug-likeness (QED) is 0.894. The van der Waals surface area contributed by atoms with Crippen molar-refractivity contribution < 1.29 is 9.90 Å². The van der Waals surface area contributed by atoms with Crippen LogP contribution in [-0.2, 0) is 0 Å². The number of hydrogen-bond acceptors (Lipinski definition) is 4. The number of nitrogens with zero attached hydrogens (tertiary/aromatic N) is 3. The van der Waals surface area contributed by atoms with Gasteiger partial charge in [0.25, 0.3) is 0 Å². The number of pyridine rings is 1. The molecule has 104 valence electrons. The Hall–Kier alpha value is -1.62. The van der Waals surface area contributed by atoms with Gasteiger partial charge in [0.05, 0.1) is 5.69 Å². The fourth-order valence-electron chi connectivity index (χ4n) is 2.71. The lowest BCUT2D eigenvalue weighted by atomic mass is 10.1. The van der Waals surface area contributed by atoms with Gasteiger partial charge < -0.3 is 14.9 Å². The molecule has 1 aromatic heterocycles. The van der Waals surface area contributed by atoms with E-state index in [0.29, 0.717) is 11.6 Å². The molecule has 1 aliphatic rings. The van der Waals surface area contributed by atoms with Gasteiger partial charge in [-0.2, -0.15) is 0 Å². The van der Waals surface area contributed by atoms with Gasteiger partial charge in [-0.1, -0.05) is 0 Å². The number of aryl methyl sites for hydroxylation is 1. The van der Waals surface area contributed by atoms with E-state index in [1.165, 1.54) is 6.20 Å². The molecule has 1 saturated heterocycles. The zero-order valence-electron chi connectivity index (χ0n) is 11.8. The first kappa shape index (κ1) is 13.8. The first-order valence-corrected chi connectivity index (χ1v) is 6.60. The number of rotatable bonds is 4. The fraction of sp³-hybridized carbons (Fsp3) is 0.571. The van der Waals surface area contributed by atoms with E-state index < -0.39 is 5.97 Å². The van der Waals surface area contributed by atoms with Crippen molar-refractivity contribution >= 4 is 11.7 Å². The van der Waals surface area contributed by atoms with E-state index in [-0.39, 0.29) is 0 Å². The summed E-state index contributed by atoms with van der Waals surface area (Å²) in [7, 11) is 4.10. The number of carboxylic acid groups (broad SMARTS) is 1. The Balaban J connectivity index is 2.34. The summed E-state index contributed by atoms with van der Waals surface area (Å²) in [4.78, 5) is 19.8. The largest absolute Gasteiger partial charge is 0.478 e. The molecule has 1 unspecified atom stereocenters. The summed E-state index contributed by atoms with van der Waals surface area (Å²) in [6.45, 7) is 3.76. The van der Waals surface area contributed by atoms with Crippen LogP contribution in [0.1, 0.15) is 28.9 Å². The minimum Gasteiger partial charge on any atom is -0.478 e. The Morgan fingerprint density at radius 1 is 1.58 bits per heavy atom. The summed E-state index contributed by atoms with van der Waals surface area (Å²) in [6.07, 6.45) is 3.69. The van der Waals surface area contributed by atoms with Gasteiger partial charge in [0.1, 0.15) is 5.56 Å². The highest BCUT2D eigenvalue weighted by Gasteiger charge is 2.28. The van der Waals surface area contributed by atoms with Crippen molar-refractivity contribution in [1.82, 2.24) is 9.88 Å². The molecule has 1 fully saturated rings. The van der Waals surface area contributed by atoms with Crippen molar-refractivity contribution in [3.05, 3.63) is 23.5 Å². The first-order chi connectivity index (χ1) is 8.99. The number of aromatic nitrogens is 1. The standard InChI is InChI=1S/C14H21N3O2/c1-10-7-13(12(8-15-10)14(18)19)17-6-4-5-11(17)9-16(2)3/h7-8,11H,4-6,9H2,1-3H3,(H,18,19). The average Bonchev–Trinajstić information content (AvgIpc) is 2.75. The molecule has 0 saturated carbocycles. The first-order valence-electron chi connectivity index (χ1n) is 6.60. The predicted molar refractivity (Wildman–Crippen MR) is 74.9 cm³/mol. The molecule has 0 bridgehead atoms. The van der Waals surface area contributed by atoms with E-state index in [0.717, 1.165) is 37.3 Å². The van der Waals surface area contributed by atoms with E-state index >= 15 is 0 Å². The molecular formula is C14H21N3O2. The van der Waals surface area contributed by atoms with Crippen LogP contribution < -0.4 is 4.90 Å². The van der Waals surface area contributed by atoms with Crippen LogP contribution in [-0.4, -0.2) is 54.2 Å². The van der Waals surface area contributed by atoms with Gasteiger partial charge in [0, 0.05) is 31.0 Å². The van der Waals surface area contributed by atoms with Crippen molar-refractivity contribution in [2.24, 2.45) is 0 Å². The smallest absolute Gasteiger partial charge is 0.339 e. The number of aromatic carboxylic acids is 1. The molecule has 0 radical (unpaired) electrons. The second kappa shape index (κ2) is 5.57. The molecule has 0 amide bonds. The predicted octanol–water partition coefficient (Wildman–Crippen LogP) is 1.62. The third-order valence-corrected chi connectivity index (χ3v) is 3.51. The molecular weight excluding hydrogens is 242 g/mol. The molecule has 1 atom stereocenters. The van der Waals surface area contributed by atoms with Crippen molar-refractivity contribution in [3.8, 4) is 0 Å². The Labute approximate surface area is 113 Å². The molecule has 19 heavy (non-hydrogen) atoms. The van der Waals surface area contributed by atoms with Gasteiger partial charge in [0.15, 0.2) is 0 Å². The van der Waals surface area contributed by atoms with Gasteiger partial charge in [0.2, 0.25) is 0 Å². The van der Waals surface area contributed by atoms with Crippen LogP contribution >= 0.6 is 0 Å². The second-order valence-corrected chi connectivity index (χ2v) is 5.40. The third-order valence-electron chi connectivity index (χ3n) is 3.51. The van der Waals surface area contributed by atoms with Crippen molar-refractivity contribution in [2.75, 3.05) is 32.1 Å². The number of carboxylic acids is 1. The van der Waals surface area contributed by atoms with E-state index in [1.54, 1.807) is 0 Å². The maximum absolute atomic E-state index is 11.3. The lowest BCUT2D eigenvalue weighted by Gasteiger charge is -2.30. The van der Waals surface area contributed by atoms with Crippen LogP contribution in [0.2, 0.25) is 0 Å². The van der Waals surface area contributed by atoms with E-state index in [1.807, 2.05) is 27.1 Å². The fourth-order valence-corrected chi connectivity index (χ4v) is 2.71. The van der Waals surface area contributed by atoms with Gasteiger partial charge in [-0.25, -0.2) is 4.79 Å². The molecule has 5 nitrogen and oxygen atoms in total. The van der Waals surface area contributed by atoms with Crippen LogP contribution in [0.3, 0.4) is 0 Å². The van der Waals surface area contributed by atoms with Crippen molar-refractivity contribution in [3.63, 3.8) is 0 Å². The molecule has 0 aliphatic carbocycles. The lowest BCUT2D eigenvalue weighted by Crippen LogP contribution is -2.38. The molecule has 2 rings (SSSR count). The highest BCUT2D eigenvalue weighted by Crippen LogP contribution is 2.29. The molecule has 0 aromatic carbocycles. The van der Waals surface area contributed by atoms with Gasteiger partial charge in [-0.05, 0) is 39.9 Å². The van der Waals surface area contributed by atoms with E-state index in [2.05, 4.69) is 14.8 Å². The molecule has 2 heterocycles. The Bertz CT molecular complexity index is 474. The second-order valence-electron chi connectivity index (χ2n) is 5.40. The normalized spacial score (nSPS) is 19.2. The molecule has 1 aliphatic heterocycles. The zero-order valence-corrected chi connectivity index (χ0v) is 11.8. The summed E-state index contributed by atoms with van der Waals surface area (Å²) in [5.74, 6) is -0.905. The van der Waals surface area contributed by atoms with E-state index in [4.69, 9.17) is 0 Å². The minimum atomic E-state index is -0.905. The number of hydrogen-bond donors (Lipinski definition) is 1. The summed E-state index contributed by atoms with van der Waals surface area (Å²) in [5, 5.41) is 9.31. The summed E-state index contributed by atoms with van der Waals surface area (Å²) in [6, 6.07) is 2.27. The molecule has 1 aromatic rings. The topological polar surface area (TPSA) is 56.7 Å². The van der Waals surface area contributed by atoms with Gasteiger partial charge in [-0.15, -0.1) is 0 Å². The highest BCUT2D eigenvalue weighted by molar-refractivity contribution is 5.94. The monoisotopic (exact) mass is 263 g/mol. The van der Waals surface area contributed by atoms with Crippen LogP contribution in [0.25, 0.3) is 0 Å². The maximum atomic E-state index is 11.3. The van der Waals surface area contributed by atoms with Gasteiger partial charge in [-0.3, -0.25) is 4.98 Å². The number of carbonyl (C=O) groups is 1. The maximum Gasteiger partial charge on any atom is 0.339 e. The summed E-state index contributed by atoms with van der Waals surface area (Å²) >= 11 is 0. The Morgan fingerprint density at radius 2 is 2.32 bits per heavy atom. The van der Waals surface area contributed by atoms with Gasteiger partial charge >= 0.3 is 5.97 Å². The van der Waals surface area contributed by atoms with Crippen molar-refractivity contribution in [1.29, 1.82) is 0 Å². The SMILES string of the molecule is Cc1cc(N2CCCC2CN(C)C)c(C(=O)O)cn1. The molecule has 5 heteroatoms. The Morgan fingerprint density at radius 3 is 2.95 bits per heavy atom. The summed E-state index contributed by atoms with van der Waals surface area (Å²) in [5.41, 5.74) is 1.97. The van der Waals surface area contributed by atoms with Crippen LogP contribution in [0.5, 0.6) is 0 Å². The number of likely N-dealkylation sites (N-methyl/N-ethyl adjacent to an activating group) is 1.